The average Bonchev–Trinajstić information content (AvgIpc) is 3.07. The molecule has 142 valence electrons. The third-order valence-electron chi connectivity index (χ3n) is 3.52. The van der Waals surface area contributed by atoms with Crippen LogP contribution in [0.4, 0.5) is 14.6 Å². The van der Waals surface area contributed by atoms with Crippen molar-refractivity contribution in [2.24, 2.45) is 0 Å². The molecule has 0 aliphatic heterocycles. The molecule has 0 aliphatic carbocycles. The van der Waals surface area contributed by atoms with Crippen molar-refractivity contribution in [1.82, 2.24) is 24.5 Å². The van der Waals surface area contributed by atoms with Gasteiger partial charge in [-0.2, -0.15) is 5.10 Å². The van der Waals surface area contributed by atoms with E-state index in [-0.39, 0.29) is 13.1 Å². The average molecular weight is 394 g/mol. The molecule has 11 heteroatoms. The molecule has 3 aromatic rings. The molecule has 3 rings (SSSR count). The Balaban J connectivity index is 1.59. The number of nitrogens with zero attached hydrogens (tertiary/aromatic N) is 4. The Kier molecular flexibility index (Phi) is 5.42. The van der Waals surface area contributed by atoms with Crippen molar-refractivity contribution in [3.8, 4) is 5.82 Å². The van der Waals surface area contributed by atoms with Gasteiger partial charge in [0.2, 0.25) is 10.0 Å². The normalized spacial score (nSPS) is 11.5. The molecular formula is C16H16F2N6O2S. The summed E-state index contributed by atoms with van der Waals surface area (Å²) in [4.78, 5) is 7.41. The number of benzene rings is 1. The Morgan fingerprint density at radius 2 is 1.93 bits per heavy atom. The molecule has 27 heavy (non-hydrogen) atoms. The number of nitrogens with one attached hydrogen (secondary N) is 2. The van der Waals surface area contributed by atoms with Crippen molar-refractivity contribution in [3.63, 3.8) is 0 Å². The zero-order chi connectivity index (χ0) is 19.4. The molecule has 0 saturated heterocycles. The summed E-state index contributed by atoms with van der Waals surface area (Å²) in [6, 6.07) is 5.72. The van der Waals surface area contributed by atoms with Crippen LogP contribution in [0.25, 0.3) is 5.82 Å². The Labute approximate surface area is 154 Å². The minimum atomic E-state index is -4.17. The van der Waals surface area contributed by atoms with Gasteiger partial charge in [-0.05, 0) is 31.2 Å². The predicted molar refractivity (Wildman–Crippen MR) is 93.9 cm³/mol. The van der Waals surface area contributed by atoms with Crippen LogP contribution in [-0.2, 0) is 10.0 Å². The highest BCUT2D eigenvalue weighted by Crippen LogP contribution is 2.15. The summed E-state index contributed by atoms with van der Waals surface area (Å²) in [5.74, 6) is -0.851. The summed E-state index contributed by atoms with van der Waals surface area (Å²) >= 11 is 0. The lowest BCUT2D eigenvalue weighted by Crippen LogP contribution is -2.29. The van der Waals surface area contributed by atoms with Crippen LogP contribution in [0.5, 0.6) is 0 Å². The predicted octanol–water partition coefficient (Wildman–Crippen LogP) is 1.64. The summed E-state index contributed by atoms with van der Waals surface area (Å²) in [5, 5.41) is 7.17. The summed E-state index contributed by atoms with van der Waals surface area (Å²) < 4.78 is 54.7. The van der Waals surface area contributed by atoms with Crippen LogP contribution in [0.1, 0.15) is 5.69 Å². The van der Waals surface area contributed by atoms with Gasteiger partial charge in [0.15, 0.2) is 5.82 Å². The number of halogens is 2. The first-order valence-electron chi connectivity index (χ1n) is 7.88. The van der Waals surface area contributed by atoms with E-state index in [1.54, 1.807) is 16.9 Å². The first kappa shape index (κ1) is 18.9. The first-order valence-corrected chi connectivity index (χ1v) is 9.37. The Bertz CT molecular complexity index is 1050. The molecule has 0 amide bonds. The third kappa shape index (κ3) is 4.63. The van der Waals surface area contributed by atoms with Gasteiger partial charge < -0.3 is 5.32 Å². The second kappa shape index (κ2) is 7.76. The van der Waals surface area contributed by atoms with Gasteiger partial charge in [-0.1, -0.05) is 0 Å². The van der Waals surface area contributed by atoms with Crippen molar-refractivity contribution >= 4 is 15.8 Å². The fourth-order valence-corrected chi connectivity index (χ4v) is 3.37. The number of aryl methyl sites for hydroxylation is 1. The molecule has 0 fully saturated rings. The van der Waals surface area contributed by atoms with Gasteiger partial charge in [-0.15, -0.1) is 0 Å². The largest absolute Gasteiger partial charge is 0.369 e. The molecule has 2 aromatic heterocycles. The number of anilines is 1. The Morgan fingerprint density at radius 1 is 1.11 bits per heavy atom. The van der Waals surface area contributed by atoms with Crippen LogP contribution in [0.15, 0.2) is 47.8 Å². The monoisotopic (exact) mass is 394 g/mol. The van der Waals surface area contributed by atoms with Crippen LogP contribution in [0.2, 0.25) is 0 Å². The van der Waals surface area contributed by atoms with E-state index < -0.39 is 26.6 Å². The van der Waals surface area contributed by atoms with Gasteiger partial charge in [0, 0.05) is 25.4 Å². The SMILES string of the molecule is Cc1ccn(-c2cc(NCCNS(=O)(=O)c3cc(F)ccc3F)ncn2)n1. The number of aromatic nitrogens is 4. The van der Waals surface area contributed by atoms with Gasteiger partial charge in [0.1, 0.15) is 28.7 Å². The maximum Gasteiger partial charge on any atom is 0.243 e. The van der Waals surface area contributed by atoms with Crippen LogP contribution < -0.4 is 10.0 Å². The highest BCUT2D eigenvalue weighted by molar-refractivity contribution is 7.89. The highest BCUT2D eigenvalue weighted by atomic mass is 32.2. The lowest BCUT2D eigenvalue weighted by Gasteiger charge is -2.09. The van der Waals surface area contributed by atoms with Crippen LogP contribution in [0, 0.1) is 18.6 Å². The van der Waals surface area contributed by atoms with E-state index in [0.717, 1.165) is 17.8 Å². The highest BCUT2D eigenvalue weighted by Gasteiger charge is 2.19. The Hall–Kier alpha value is -2.92. The van der Waals surface area contributed by atoms with E-state index >= 15 is 0 Å². The summed E-state index contributed by atoms with van der Waals surface area (Å²) in [6.07, 6.45) is 3.10. The van der Waals surface area contributed by atoms with E-state index in [1.807, 2.05) is 13.0 Å². The Morgan fingerprint density at radius 3 is 2.67 bits per heavy atom. The van der Waals surface area contributed by atoms with E-state index in [0.29, 0.717) is 17.7 Å². The second-order valence-corrected chi connectivity index (χ2v) is 7.30. The van der Waals surface area contributed by atoms with Crippen molar-refractivity contribution in [2.45, 2.75) is 11.8 Å². The molecular weight excluding hydrogens is 378 g/mol. The maximum absolute atomic E-state index is 13.6. The third-order valence-corrected chi connectivity index (χ3v) is 4.99. The van der Waals surface area contributed by atoms with Gasteiger partial charge in [0.25, 0.3) is 0 Å². The summed E-state index contributed by atoms with van der Waals surface area (Å²) in [7, 11) is -4.17. The topological polar surface area (TPSA) is 102 Å². The van der Waals surface area contributed by atoms with E-state index in [4.69, 9.17) is 0 Å². The van der Waals surface area contributed by atoms with E-state index in [9.17, 15) is 17.2 Å². The second-order valence-electron chi connectivity index (χ2n) is 5.56. The molecule has 0 atom stereocenters. The van der Waals surface area contributed by atoms with Crippen molar-refractivity contribution in [2.75, 3.05) is 18.4 Å². The van der Waals surface area contributed by atoms with Crippen LogP contribution in [0.3, 0.4) is 0 Å². The van der Waals surface area contributed by atoms with E-state index in [2.05, 4.69) is 25.1 Å². The molecule has 0 saturated carbocycles. The lowest BCUT2D eigenvalue weighted by molar-refractivity contribution is 0.546. The van der Waals surface area contributed by atoms with E-state index in [1.165, 1.54) is 6.33 Å². The van der Waals surface area contributed by atoms with Gasteiger partial charge in [0.05, 0.1) is 5.69 Å². The molecule has 0 radical (unpaired) electrons. The zero-order valence-corrected chi connectivity index (χ0v) is 15.0. The summed E-state index contributed by atoms with van der Waals surface area (Å²) in [5.41, 5.74) is 0.835. The van der Waals surface area contributed by atoms with Crippen LogP contribution >= 0.6 is 0 Å². The lowest BCUT2D eigenvalue weighted by atomic mass is 10.3. The fraction of sp³-hybridized carbons (Fsp3) is 0.188. The van der Waals surface area contributed by atoms with Crippen LogP contribution in [-0.4, -0.2) is 41.3 Å². The molecule has 0 aliphatic rings. The number of rotatable bonds is 7. The molecule has 2 N–H and O–H groups in total. The maximum atomic E-state index is 13.6. The quantitative estimate of drug-likeness (QED) is 0.591. The van der Waals surface area contributed by atoms with Gasteiger partial charge >= 0.3 is 0 Å². The molecule has 2 heterocycles. The van der Waals surface area contributed by atoms with Gasteiger partial charge in [-0.25, -0.2) is 36.6 Å². The molecule has 0 spiro atoms. The van der Waals surface area contributed by atoms with Crippen molar-refractivity contribution in [1.29, 1.82) is 0 Å². The minimum absolute atomic E-state index is 0.0570. The van der Waals surface area contributed by atoms with Crippen molar-refractivity contribution < 1.29 is 17.2 Å². The smallest absolute Gasteiger partial charge is 0.243 e. The molecule has 8 nitrogen and oxygen atoms in total. The zero-order valence-electron chi connectivity index (χ0n) is 14.2. The molecule has 0 bridgehead atoms. The molecule has 1 aromatic carbocycles. The minimum Gasteiger partial charge on any atom is -0.369 e. The number of sulfonamides is 1. The summed E-state index contributed by atoms with van der Waals surface area (Å²) in [6.45, 7) is 1.97. The fourth-order valence-electron chi connectivity index (χ4n) is 2.25. The van der Waals surface area contributed by atoms with Gasteiger partial charge in [-0.3, -0.25) is 0 Å². The number of hydrogen-bond acceptors (Lipinski definition) is 6. The standard InChI is InChI=1S/C16H16F2N6O2S/c1-11-4-7-24(23-11)16-9-15(20-10-21-16)19-5-6-22-27(25,26)14-8-12(17)2-3-13(14)18/h2-4,7-10,22H,5-6H2,1H3,(H,19,20,21). The number of hydrogen-bond donors (Lipinski definition) is 2. The van der Waals surface area contributed by atoms with Crippen molar-refractivity contribution in [3.05, 3.63) is 60.2 Å². The first-order chi connectivity index (χ1) is 12.8. The molecule has 0 unspecified atom stereocenters.